The minimum absolute atomic E-state index is 0.245. The fourth-order valence-electron chi connectivity index (χ4n) is 4.51. The number of aromatic nitrogens is 1. The van der Waals surface area contributed by atoms with E-state index in [1.54, 1.807) is 43.5 Å². The largest absolute Gasteiger partial charge is 0.497 e. The molecule has 0 fully saturated rings. The highest BCUT2D eigenvalue weighted by atomic mass is 19.4. The lowest BCUT2D eigenvalue weighted by Gasteiger charge is -2.30. The van der Waals surface area contributed by atoms with Gasteiger partial charge in [-0.3, -0.25) is 4.98 Å². The third kappa shape index (κ3) is 4.18. The van der Waals surface area contributed by atoms with Gasteiger partial charge in [0.15, 0.2) is 0 Å². The fourth-order valence-corrected chi connectivity index (χ4v) is 4.51. The zero-order valence-corrected chi connectivity index (χ0v) is 19.5. The Kier molecular flexibility index (Phi) is 5.91. The molecular weight excluding hydrogens is 483 g/mol. The van der Waals surface area contributed by atoms with Gasteiger partial charge >= 0.3 is 12.1 Å². The lowest BCUT2D eigenvalue weighted by Crippen LogP contribution is -2.28. The van der Waals surface area contributed by atoms with Crippen molar-refractivity contribution in [3.05, 3.63) is 114 Å². The molecule has 0 spiro atoms. The highest BCUT2D eigenvalue weighted by molar-refractivity contribution is 6.03. The number of halogens is 3. The second-order valence-corrected chi connectivity index (χ2v) is 8.32. The van der Waals surface area contributed by atoms with E-state index in [1.807, 2.05) is 36.4 Å². The molecule has 0 amide bonds. The van der Waals surface area contributed by atoms with Crippen LogP contribution in [0, 0.1) is 0 Å². The molecule has 9 heteroatoms. The molecule has 5 rings (SSSR count). The molecule has 0 radical (unpaired) electrons. The van der Waals surface area contributed by atoms with Crippen LogP contribution in [-0.4, -0.2) is 30.1 Å². The molecule has 1 atom stereocenters. The van der Waals surface area contributed by atoms with Crippen molar-refractivity contribution in [2.24, 2.45) is 10.7 Å². The molecule has 6 nitrogen and oxygen atoms in total. The average Bonchev–Trinajstić information content (AvgIpc) is 3.22. The number of carbonyl (C=O) groups is 1. The van der Waals surface area contributed by atoms with Gasteiger partial charge in [0.05, 0.1) is 7.11 Å². The number of benzene rings is 3. The van der Waals surface area contributed by atoms with E-state index in [0.717, 1.165) is 16.7 Å². The first-order valence-corrected chi connectivity index (χ1v) is 11.2. The van der Waals surface area contributed by atoms with Crippen molar-refractivity contribution >= 4 is 11.8 Å². The number of amidine groups is 1. The van der Waals surface area contributed by atoms with Crippen LogP contribution in [0.5, 0.6) is 11.5 Å². The summed E-state index contributed by atoms with van der Waals surface area (Å²) >= 11 is 0. The lowest BCUT2D eigenvalue weighted by atomic mass is 9.77. The average molecular weight is 503 g/mol. The number of alkyl halides is 3. The van der Waals surface area contributed by atoms with Gasteiger partial charge in [-0.1, -0.05) is 48.5 Å². The molecule has 1 aliphatic rings. The van der Waals surface area contributed by atoms with E-state index in [0.29, 0.717) is 22.7 Å². The second kappa shape index (κ2) is 9.09. The Morgan fingerprint density at radius 1 is 0.919 bits per heavy atom. The maximum absolute atomic E-state index is 13.0. The minimum atomic E-state index is -5.15. The molecular formula is C28H20F3N3O3. The van der Waals surface area contributed by atoms with E-state index in [4.69, 9.17) is 20.2 Å². The van der Waals surface area contributed by atoms with E-state index < -0.39 is 17.7 Å². The number of pyridine rings is 1. The molecule has 4 aromatic rings. The Labute approximate surface area is 210 Å². The van der Waals surface area contributed by atoms with Crippen molar-refractivity contribution < 1.29 is 27.4 Å². The van der Waals surface area contributed by atoms with Crippen LogP contribution in [0.25, 0.3) is 11.1 Å². The number of hydrogen-bond acceptors (Lipinski definition) is 6. The SMILES string of the molecule is COc1ccc(C2(c3ccc(OC(=O)C(F)(F)F)c(-c4cccnc4)c3)N=C(N)c3ccccc32)cc1. The van der Waals surface area contributed by atoms with Crippen LogP contribution >= 0.6 is 0 Å². The lowest BCUT2D eigenvalue weighted by molar-refractivity contribution is -0.189. The minimum Gasteiger partial charge on any atom is -0.497 e. The number of carbonyl (C=O) groups excluding carboxylic acids is 1. The van der Waals surface area contributed by atoms with Gasteiger partial charge < -0.3 is 15.2 Å². The number of methoxy groups -OCH3 is 1. The zero-order chi connectivity index (χ0) is 26.2. The Hall–Kier alpha value is -4.66. The fraction of sp³-hybridized carbons (Fsp3) is 0.107. The summed E-state index contributed by atoms with van der Waals surface area (Å²) < 4.78 is 49.1. The Balaban J connectivity index is 1.76. The summed E-state index contributed by atoms with van der Waals surface area (Å²) in [5.41, 5.74) is 8.87. The number of nitrogens with two attached hydrogens (primary N) is 1. The maximum Gasteiger partial charge on any atom is 0.491 e. The van der Waals surface area contributed by atoms with E-state index in [2.05, 4.69) is 4.98 Å². The van der Waals surface area contributed by atoms with Crippen LogP contribution < -0.4 is 15.2 Å². The van der Waals surface area contributed by atoms with Gasteiger partial charge in [0.1, 0.15) is 22.9 Å². The highest BCUT2D eigenvalue weighted by Crippen LogP contribution is 2.48. The van der Waals surface area contributed by atoms with Crippen LogP contribution in [0.1, 0.15) is 22.3 Å². The molecule has 1 aromatic heterocycles. The van der Waals surface area contributed by atoms with E-state index in [-0.39, 0.29) is 11.3 Å². The normalized spacial score (nSPS) is 16.6. The van der Waals surface area contributed by atoms with Crippen molar-refractivity contribution in [1.29, 1.82) is 0 Å². The van der Waals surface area contributed by atoms with Crippen molar-refractivity contribution in [3.8, 4) is 22.6 Å². The predicted molar refractivity (Wildman–Crippen MR) is 131 cm³/mol. The van der Waals surface area contributed by atoms with Gasteiger partial charge in [-0.15, -0.1) is 0 Å². The van der Waals surface area contributed by atoms with Crippen molar-refractivity contribution in [2.45, 2.75) is 11.7 Å². The zero-order valence-electron chi connectivity index (χ0n) is 19.5. The molecule has 3 aromatic carbocycles. The van der Waals surface area contributed by atoms with Crippen LogP contribution in [-0.2, 0) is 10.3 Å². The van der Waals surface area contributed by atoms with Gasteiger partial charge in [0.2, 0.25) is 0 Å². The molecule has 2 heterocycles. The van der Waals surface area contributed by atoms with Crippen LogP contribution in [0.15, 0.2) is 96.2 Å². The number of hydrogen-bond donors (Lipinski definition) is 1. The third-order valence-corrected chi connectivity index (χ3v) is 6.19. The van der Waals surface area contributed by atoms with Crippen molar-refractivity contribution in [2.75, 3.05) is 7.11 Å². The summed E-state index contributed by atoms with van der Waals surface area (Å²) in [5.74, 6) is -1.61. The molecule has 0 saturated heterocycles. The molecule has 0 bridgehead atoms. The number of ether oxygens (including phenoxy) is 2. The number of esters is 1. The summed E-state index contributed by atoms with van der Waals surface area (Å²) in [6.07, 6.45) is -2.14. The highest BCUT2D eigenvalue weighted by Gasteiger charge is 2.44. The molecule has 1 aliphatic heterocycles. The van der Waals surface area contributed by atoms with Crippen molar-refractivity contribution in [1.82, 2.24) is 4.98 Å². The number of nitrogens with zero attached hydrogens (tertiary/aromatic N) is 2. The van der Waals surface area contributed by atoms with E-state index in [9.17, 15) is 18.0 Å². The van der Waals surface area contributed by atoms with Crippen molar-refractivity contribution in [3.63, 3.8) is 0 Å². The molecule has 186 valence electrons. The van der Waals surface area contributed by atoms with Crippen LogP contribution in [0.3, 0.4) is 0 Å². The third-order valence-electron chi connectivity index (χ3n) is 6.19. The Bertz CT molecular complexity index is 1500. The summed E-state index contributed by atoms with van der Waals surface area (Å²) in [5, 5.41) is 0. The van der Waals surface area contributed by atoms with Gasteiger partial charge in [0.25, 0.3) is 0 Å². The summed E-state index contributed by atoms with van der Waals surface area (Å²) in [6.45, 7) is 0. The second-order valence-electron chi connectivity index (χ2n) is 8.32. The first-order valence-electron chi connectivity index (χ1n) is 11.2. The molecule has 37 heavy (non-hydrogen) atoms. The Morgan fingerprint density at radius 3 is 2.32 bits per heavy atom. The topological polar surface area (TPSA) is 86.8 Å². The first-order chi connectivity index (χ1) is 17.7. The monoisotopic (exact) mass is 503 g/mol. The number of aliphatic imine (C=N–C) groups is 1. The quantitative estimate of drug-likeness (QED) is 0.298. The smallest absolute Gasteiger partial charge is 0.491 e. The first kappa shape index (κ1) is 24.1. The number of rotatable bonds is 5. The summed E-state index contributed by atoms with van der Waals surface area (Å²) in [7, 11) is 1.56. The van der Waals surface area contributed by atoms with Crippen LogP contribution in [0.2, 0.25) is 0 Å². The molecule has 0 saturated carbocycles. The van der Waals surface area contributed by atoms with Crippen LogP contribution in [0.4, 0.5) is 13.2 Å². The summed E-state index contributed by atoms with van der Waals surface area (Å²) in [4.78, 5) is 20.7. The summed E-state index contributed by atoms with van der Waals surface area (Å²) in [6, 6.07) is 22.7. The molecule has 0 aliphatic carbocycles. The Morgan fingerprint density at radius 2 is 1.65 bits per heavy atom. The van der Waals surface area contributed by atoms with Gasteiger partial charge in [-0.05, 0) is 47.0 Å². The standard InChI is InChI=1S/C28H20F3N3O3/c1-36-20-11-8-18(9-12-20)27(23-7-3-2-6-21(23)25(32)34-27)19-10-13-24(37-26(35)28(29,30)31)22(15-19)17-5-4-14-33-16-17/h2-16H,1H3,(H2,32,34). The van der Waals surface area contributed by atoms with Gasteiger partial charge in [-0.25, -0.2) is 9.79 Å². The van der Waals surface area contributed by atoms with Gasteiger partial charge in [0, 0.05) is 29.1 Å². The van der Waals surface area contributed by atoms with E-state index in [1.165, 1.54) is 18.5 Å². The van der Waals surface area contributed by atoms with Gasteiger partial charge in [-0.2, -0.15) is 13.2 Å². The molecule has 2 N–H and O–H groups in total. The molecule has 1 unspecified atom stereocenters. The number of fused-ring (bicyclic) bond motifs is 1. The van der Waals surface area contributed by atoms with E-state index >= 15 is 0 Å². The maximum atomic E-state index is 13.0. The predicted octanol–water partition coefficient (Wildman–Crippen LogP) is 5.24.